The van der Waals surface area contributed by atoms with Crippen LogP contribution in [0.4, 0.5) is 0 Å². The Labute approximate surface area is 121 Å². The molecule has 3 nitrogen and oxygen atoms in total. The molecule has 0 unspecified atom stereocenters. The predicted octanol–water partition coefficient (Wildman–Crippen LogP) is 3.37. The summed E-state index contributed by atoms with van der Waals surface area (Å²) >= 11 is 0. The molecule has 1 aliphatic rings. The van der Waals surface area contributed by atoms with Crippen molar-refractivity contribution in [3.63, 3.8) is 0 Å². The molecule has 0 fully saturated rings. The Kier molecular flexibility index (Phi) is 4.81. The molecule has 2 rings (SSSR count). The lowest BCUT2D eigenvalue weighted by molar-refractivity contribution is 0.0937. The van der Waals surface area contributed by atoms with Gasteiger partial charge in [-0.15, -0.1) is 0 Å². The third kappa shape index (κ3) is 3.40. The minimum atomic E-state index is 0.0194. The van der Waals surface area contributed by atoms with Crippen LogP contribution in [0.1, 0.15) is 49.2 Å². The van der Waals surface area contributed by atoms with E-state index in [4.69, 9.17) is 4.74 Å². The fourth-order valence-corrected chi connectivity index (χ4v) is 2.87. The van der Waals surface area contributed by atoms with Crippen LogP contribution in [0.2, 0.25) is 0 Å². The average Bonchev–Trinajstić information content (AvgIpc) is 2.84. The van der Waals surface area contributed by atoms with Gasteiger partial charge in [0.25, 0.3) is 5.91 Å². The van der Waals surface area contributed by atoms with Crippen LogP contribution in [-0.2, 0) is 18.0 Å². The maximum absolute atomic E-state index is 12.2. The minimum Gasteiger partial charge on any atom is -0.372 e. The van der Waals surface area contributed by atoms with Crippen molar-refractivity contribution in [2.24, 2.45) is 17.8 Å². The number of fused-ring (bicyclic) bond motifs is 1. The molecule has 1 heterocycles. The van der Waals surface area contributed by atoms with Crippen molar-refractivity contribution >= 4 is 5.91 Å². The molecule has 1 N–H and O–H groups in total. The van der Waals surface area contributed by atoms with E-state index in [1.54, 1.807) is 0 Å². The third-order valence-electron chi connectivity index (χ3n) is 4.19. The van der Waals surface area contributed by atoms with Crippen LogP contribution in [0.3, 0.4) is 0 Å². The second-order valence-corrected chi connectivity index (χ2v) is 6.34. The van der Waals surface area contributed by atoms with E-state index in [-0.39, 0.29) is 5.91 Å². The normalized spacial score (nSPS) is 14.2. The van der Waals surface area contributed by atoms with Gasteiger partial charge in [-0.3, -0.25) is 4.79 Å². The van der Waals surface area contributed by atoms with E-state index < -0.39 is 0 Å². The number of ether oxygens (including phenoxy) is 1. The van der Waals surface area contributed by atoms with Crippen molar-refractivity contribution < 1.29 is 9.53 Å². The first-order valence-corrected chi connectivity index (χ1v) is 7.46. The summed E-state index contributed by atoms with van der Waals surface area (Å²) in [7, 11) is 0. The number of hydrogen-bond donors (Lipinski definition) is 1. The number of hydrogen-bond acceptors (Lipinski definition) is 2. The zero-order valence-corrected chi connectivity index (χ0v) is 12.9. The zero-order valence-electron chi connectivity index (χ0n) is 12.9. The van der Waals surface area contributed by atoms with Crippen LogP contribution >= 0.6 is 0 Å². The fraction of sp³-hybridized carbons (Fsp3) is 0.588. The van der Waals surface area contributed by atoms with Crippen molar-refractivity contribution in [2.75, 3.05) is 6.54 Å². The van der Waals surface area contributed by atoms with Crippen molar-refractivity contribution in [3.05, 3.63) is 34.9 Å². The molecule has 0 bridgehead atoms. The molecule has 1 aliphatic heterocycles. The summed E-state index contributed by atoms with van der Waals surface area (Å²) in [4.78, 5) is 12.2. The molecule has 110 valence electrons. The van der Waals surface area contributed by atoms with Gasteiger partial charge < -0.3 is 10.1 Å². The van der Waals surface area contributed by atoms with Crippen LogP contribution in [0, 0.1) is 17.8 Å². The van der Waals surface area contributed by atoms with E-state index in [0.29, 0.717) is 31.0 Å². The molecular formula is C17H25NO2. The van der Waals surface area contributed by atoms with Crippen LogP contribution in [0.5, 0.6) is 0 Å². The summed E-state index contributed by atoms with van der Waals surface area (Å²) in [5.74, 6) is 1.68. The number of carbonyl (C=O) groups is 1. The molecule has 3 heteroatoms. The smallest absolute Gasteiger partial charge is 0.251 e. The van der Waals surface area contributed by atoms with Gasteiger partial charge >= 0.3 is 0 Å². The van der Waals surface area contributed by atoms with Crippen LogP contribution in [0.15, 0.2) is 18.2 Å². The first-order valence-electron chi connectivity index (χ1n) is 7.46. The topological polar surface area (TPSA) is 38.3 Å². The molecule has 1 aromatic carbocycles. The molecule has 20 heavy (non-hydrogen) atoms. The number of carbonyl (C=O) groups excluding carboxylic acids is 1. The minimum absolute atomic E-state index is 0.0194. The summed E-state index contributed by atoms with van der Waals surface area (Å²) in [6.07, 6.45) is 0. The fourth-order valence-electron chi connectivity index (χ4n) is 2.87. The highest BCUT2D eigenvalue weighted by molar-refractivity contribution is 5.94. The highest BCUT2D eigenvalue weighted by Crippen LogP contribution is 2.22. The van der Waals surface area contributed by atoms with Gasteiger partial charge in [-0.2, -0.15) is 0 Å². The Morgan fingerprint density at radius 1 is 1.15 bits per heavy atom. The van der Waals surface area contributed by atoms with E-state index in [9.17, 15) is 4.79 Å². The van der Waals surface area contributed by atoms with E-state index in [2.05, 4.69) is 33.0 Å². The van der Waals surface area contributed by atoms with Gasteiger partial charge in [-0.05, 0) is 41.0 Å². The van der Waals surface area contributed by atoms with E-state index >= 15 is 0 Å². The molecule has 0 atom stereocenters. The third-order valence-corrected chi connectivity index (χ3v) is 4.19. The van der Waals surface area contributed by atoms with Gasteiger partial charge in [-0.25, -0.2) is 0 Å². The first kappa shape index (κ1) is 15.0. The van der Waals surface area contributed by atoms with Gasteiger partial charge in [0.05, 0.1) is 13.2 Å². The van der Waals surface area contributed by atoms with Crippen LogP contribution in [0.25, 0.3) is 0 Å². The standard InChI is InChI=1S/C17H25NO2/c1-11(2)16(12(3)4)8-18-17(19)13-5-6-14-9-20-10-15(14)7-13/h5-7,11-12,16H,8-10H2,1-4H3,(H,18,19). The van der Waals surface area contributed by atoms with Gasteiger partial charge in [0.1, 0.15) is 0 Å². The molecule has 0 saturated heterocycles. The van der Waals surface area contributed by atoms with E-state index in [0.717, 1.165) is 17.7 Å². The monoisotopic (exact) mass is 275 g/mol. The lowest BCUT2D eigenvalue weighted by Gasteiger charge is -2.25. The van der Waals surface area contributed by atoms with Gasteiger partial charge in [-0.1, -0.05) is 33.8 Å². The van der Waals surface area contributed by atoms with Gasteiger partial charge in [0.2, 0.25) is 0 Å². The molecule has 0 saturated carbocycles. The Morgan fingerprint density at radius 3 is 2.45 bits per heavy atom. The number of nitrogens with one attached hydrogen (secondary N) is 1. The van der Waals surface area contributed by atoms with Crippen LogP contribution < -0.4 is 5.32 Å². The molecule has 1 aromatic rings. The SMILES string of the molecule is CC(C)C(CNC(=O)c1ccc2c(c1)COC2)C(C)C. The molecule has 0 spiro atoms. The first-order chi connectivity index (χ1) is 9.49. The Bertz CT molecular complexity index is 472. The van der Waals surface area contributed by atoms with Gasteiger partial charge in [0, 0.05) is 12.1 Å². The molecule has 0 aromatic heterocycles. The molecular weight excluding hydrogens is 250 g/mol. The maximum atomic E-state index is 12.2. The largest absolute Gasteiger partial charge is 0.372 e. The predicted molar refractivity (Wildman–Crippen MR) is 80.4 cm³/mol. The van der Waals surface area contributed by atoms with Crippen molar-refractivity contribution in [3.8, 4) is 0 Å². The van der Waals surface area contributed by atoms with Crippen LogP contribution in [-0.4, -0.2) is 12.5 Å². The van der Waals surface area contributed by atoms with Gasteiger partial charge in [0.15, 0.2) is 0 Å². The second-order valence-electron chi connectivity index (χ2n) is 6.34. The number of rotatable bonds is 5. The summed E-state index contributed by atoms with van der Waals surface area (Å²) in [5, 5.41) is 3.07. The summed E-state index contributed by atoms with van der Waals surface area (Å²) in [5.41, 5.74) is 3.08. The average molecular weight is 275 g/mol. The highest BCUT2D eigenvalue weighted by atomic mass is 16.5. The zero-order chi connectivity index (χ0) is 14.7. The quantitative estimate of drug-likeness (QED) is 0.894. The lowest BCUT2D eigenvalue weighted by atomic mass is 9.85. The van der Waals surface area contributed by atoms with E-state index in [1.807, 2.05) is 18.2 Å². The Morgan fingerprint density at radius 2 is 1.80 bits per heavy atom. The Balaban J connectivity index is 1.98. The highest BCUT2D eigenvalue weighted by Gasteiger charge is 2.19. The van der Waals surface area contributed by atoms with Crippen molar-refractivity contribution in [2.45, 2.75) is 40.9 Å². The number of benzene rings is 1. The second kappa shape index (κ2) is 6.40. The van der Waals surface area contributed by atoms with Crippen molar-refractivity contribution in [1.82, 2.24) is 5.32 Å². The molecule has 0 aliphatic carbocycles. The Hall–Kier alpha value is -1.35. The summed E-state index contributed by atoms with van der Waals surface area (Å²) in [6, 6.07) is 5.85. The number of amides is 1. The summed E-state index contributed by atoms with van der Waals surface area (Å²) in [6.45, 7) is 10.9. The summed E-state index contributed by atoms with van der Waals surface area (Å²) < 4.78 is 5.38. The molecule has 1 amide bonds. The maximum Gasteiger partial charge on any atom is 0.251 e. The molecule has 0 radical (unpaired) electrons. The lowest BCUT2D eigenvalue weighted by Crippen LogP contribution is -2.34. The van der Waals surface area contributed by atoms with Crippen molar-refractivity contribution in [1.29, 1.82) is 0 Å². The van der Waals surface area contributed by atoms with E-state index in [1.165, 1.54) is 5.56 Å².